The number of hydrogen-bond donors (Lipinski definition) is 1. The number of carbonyl (C=O) groups excluding carboxylic acids is 2. The third-order valence-electron chi connectivity index (χ3n) is 5.26. The van der Waals surface area contributed by atoms with E-state index in [4.69, 9.17) is 0 Å². The summed E-state index contributed by atoms with van der Waals surface area (Å²) in [6, 6.07) is 12.6. The van der Waals surface area contributed by atoms with Gasteiger partial charge in [0.2, 0.25) is 11.8 Å². The van der Waals surface area contributed by atoms with Crippen LogP contribution < -0.4 is 5.32 Å². The molecule has 0 radical (unpaired) electrons. The van der Waals surface area contributed by atoms with E-state index in [1.54, 1.807) is 11.3 Å². The first kappa shape index (κ1) is 19.6. The van der Waals surface area contributed by atoms with Gasteiger partial charge in [-0.25, -0.2) is 0 Å². The van der Waals surface area contributed by atoms with Gasteiger partial charge in [0.25, 0.3) is 0 Å². The van der Waals surface area contributed by atoms with E-state index < -0.39 is 5.41 Å². The maximum atomic E-state index is 13.0. The number of carbonyl (C=O) groups is 2. The van der Waals surface area contributed by atoms with Crippen LogP contribution in [-0.4, -0.2) is 36.3 Å². The molecule has 0 bridgehead atoms. The van der Waals surface area contributed by atoms with Crippen LogP contribution in [0.2, 0.25) is 0 Å². The lowest BCUT2D eigenvalue weighted by Crippen LogP contribution is -2.45. The second-order valence-corrected chi connectivity index (χ2v) is 8.26. The number of hydrogen-bond acceptors (Lipinski definition) is 3. The van der Waals surface area contributed by atoms with Gasteiger partial charge >= 0.3 is 0 Å². The van der Waals surface area contributed by atoms with Crippen molar-refractivity contribution >= 4 is 23.2 Å². The molecule has 1 unspecified atom stereocenters. The van der Waals surface area contributed by atoms with Crippen molar-refractivity contribution in [2.45, 2.75) is 39.5 Å². The molecule has 1 aliphatic heterocycles. The quantitative estimate of drug-likeness (QED) is 0.781. The van der Waals surface area contributed by atoms with Crippen LogP contribution in [0.4, 0.5) is 0 Å². The van der Waals surface area contributed by atoms with Gasteiger partial charge < -0.3 is 10.2 Å². The van der Waals surface area contributed by atoms with Crippen LogP contribution in [0.5, 0.6) is 0 Å². The lowest BCUT2D eigenvalue weighted by atomic mass is 9.79. The van der Waals surface area contributed by atoms with Crippen molar-refractivity contribution in [1.82, 2.24) is 10.2 Å². The summed E-state index contributed by atoms with van der Waals surface area (Å²) < 4.78 is 0. The summed E-state index contributed by atoms with van der Waals surface area (Å²) in [4.78, 5) is 28.4. The van der Waals surface area contributed by atoms with Crippen LogP contribution >= 0.6 is 11.3 Å². The van der Waals surface area contributed by atoms with Gasteiger partial charge in [-0.1, -0.05) is 37.3 Å². The standard InChI is InChI=1S/C22H28N2O2S/c1-3-7-20(25)24-12-11-22(16-24,21(26)23-4-2)15-17-8-5-9-18(14-17)19-10-6-13-27-19/h5-6,8-10,13-14H,3-4,7,11-12,15-16H2,1-2H3,(H,23,26). The summed E-state index contributed by atoms with van der Waals surface area (Å²) in [5.41, 5.74) is 1.80. The highest BCUT2D eigenvalue weighted by molar-refractivity contribution is 7.13. The minimum absolute atomic E-state index is 0.0679. The first-order chi connectivity index (χ1) is 13.1. The fourth-order valence-corrected chi connectivity index (χ4v) is 4.61. The van der Waals surface area contributed by atoms with E-state index in [2.05, 4.69) is 47.1 Å². The van der Waals surface area contributed by atoms with E-state index in [1.807, 2.05) is 18.7 Å². The van der Waals surface area contributed by atoms with Gasteiger partial charge in [-0.2, -0.15) is 0 Å². The van der Waals surface area contributed by atoms with Crippen LogP contribution in [-0.2, 0) is 16.0 Å². The Kier molecular flexibility index (Phi) is 6.32. The zero-order valence-electron chi connectivity index (χ0n) is 16.2. The number of rotatable bonds is 7. The summed E-state index contributed by atoms with van der Waals surface area (Å²) in [5.74, 6) is 0.231. The van der Waals surface area contributed by atoms with Gasteiger partial charge in [-0.05, 0) is 48.8 Å². The molecular weight excluding hydrogens is 356 g/mol. The first-order valence-electron chi connectivity index (χ1n) is 9.77. The van der Waals surface area contributed by atoms with E-state index in [1.165, 1.54) is 10.4 Å². The maximum absolute atomic E-state index is 13.0. The second-order valence-electron chi connectivity index (χ2n) is 7.31. The number of benzene rings is 1. The monoisotopic (exact) mass is 384 g/mol. The Morgan fingerprint density at radius 2 is 2.07 bits per heavy atom. The topological polar surface area (TPSA) is 49.4 Å². The average molecular weight is 385 g/mol. The Bertz CT molecular complexity index is 787. The summed E-state index contributed by atoms with van der Waals surface area (Å²) >= 11 is 1.72. The predicted octanol–water partition coefficient (Wildman–Crippen LogP) is 4.11. The highest BCUT2D eigenvalue weighted by Gasteiger charge is 2.45. The smallest absolute Gasteiger partial charge is 0.228 e. The van der Waals surface area contributed by atoms with E-state index in [9.17, 15) is 9.59 Å². The van der Waals surface area contributed by atoms with Crippen molar-refractivity contribution in [3.05, 3.63) is 47.3 Å². The van der Waals surface area contributed by atoms with Gasteiger partial charge in [0.15, 0.2) is 0 Å². The number of likely N-dealkylation sites (tertiary alicyclic amines) is 1. The highest BCUT2D eigenvalue weighted by atomic mass is 32.1. The number of nitrogens with zero attached hydrogens (tertiary/aromatic N) is 1. The van der Waals surface area contributed by atoms with Crippen LogP contribution in [0, 0.1) is 5.41 Å². The van der Waals surface area contributed by atoms with Gasteiger partial charge in [-0.15, -0.1) is 11.3 Å². The molecule has 1 saturated heterocycles. The van der Waals surface area contributed by atoms with Crippen molar-refractivity contribution in [2.24, 2.45) is 5.41 Å². The minimum atomic E-state index is -0.534. The maximum Gasteiger partial charge on any atom is 0.228 e. The molecule has 3 rings (SSSR count). The largest absolute Gasteiger partial charge is 0.356 e. The third-order valence-corrected chi connectivity index (χ3v) is 6.18. The number of thiophene rings is 1. The first-order valence-corrected chi connectivity index (χ1v) is 10.6. The van der Waals surface area contributed by atoms with Crippen LogP contribution in [0.1, 0.15) is 38.7 Å². The second kappa shape index (κ2) is 8.70. The lowest BCUT2D eigenvalue weighted by Gasteiger charge is -2.28. The molecule has 0 saturated carbocycles. The molecule has 2 aromatic rings. The Morgan fingerprint density at radius 1 is 1.22 bits per heavy atom. The molecule has 2 amide bonds. The highest BCUT2D eigenvalue weighted by Crippen LogP contribution is 2.36. The van der Waals surface area contributed by atoms with Gasteiger partial charge in [0, 0.05) is 30.9 Å². The van der Waals surface area contributed by atoms with E-state index in [-0.39, 0.29) is 11.8 Å². The Balaban J connectivity index is 1.84. The fourth-order valence-electron chi connectivity index (χ4n) is 3.88. The zero-order chi connectivity index (χ0) is 19.3. The summed E-state index contributed by atoms with van der Waals surface area (Å²) in [6.45, 7) is 5.75. The Morgan fingerprint density at radius 3 is 2.78 bits per heavy atom. The number of nitrogens with one attached hydrogen (secondary N) is 1. The fraction of sp³-hybridized carbons (Fsp3) is 0.455. The van der Waals surface area contributed by atoms with Crippen LogP contribution in [0.25, 0.3) is 10.4 Å². The minimum Gasteiger partial charge on any atom is -0.356 e. The van der Waals surface area contributed by atoms with Gasteiger partial charge in [0.05, 0.1) is 5.41 Å². The van der Waals surface area contributed by atoms with Gasteiger partial charge in [-0.3, -0.25) is 9.59 Å². The van der Waals surface area contributed by atoms with E-state index in [0.29, 0.717) is 32.5 Å². The van der Waals surface area contributed by atoms with Crippen molar-refractivity contribution in [1.29, 1.82) is 0 Å². The summed E-state index contributed by atoms with van der Waals surface area (Å²) in [7, 11) is 0. The zero-order valence-corrected chi connectivity index (χ0v) is 17.0. The predicted molar refractivity (Wildman–Crippen MR) is 111 cm³/mol. The molecule has 1 aromatic heterocycles. The molecule has 1 fully saturated rings. The molecule has 0 aliphatic carbocycles. The van der Waals surface area contributed by atoms with Crippen molar-refractivity contribution < 1.29 is 9.59 Å². The van der Waals surface area contributed by atoms with Crippen LogP contribution in [0.15, 0.2) is 41.8 Å². The van der Waals surface area contributed by atoms with E-state index in [0.717, 1.165) is 18.4 Å². The molecular formula is C22H28N2O2S. The molecule has 4 nitrogen and oxygen atoms in total. The normalized spacial score (nSPS) is 19.3. The molecule has 1 N–H and O–H groups in total. The molecule has 144 valence electrons. The van der Waals surface area contributed by atoms with Gasteiger partial charge in [0.1, 0.15) is 0 Å². The van der Waals surface area contributed by atoms with Crippen molar-refractivity contribution in [3.63, 3.8) is 0 Å². The van der Waals surface area contributed by atoms with E-state index >= 15 is 0 Å². The molecule has 1 aromatic carbocycles. The Labute approximate surface area is 165 Å². The molecule has 2 heterocycles. The molecule has 1 atom stereocenters. The summed E-state index contributed by atoms with van der Waals surface area (Å²) in [6.07, 6.45) is 2.77. The lowest BCUT2D eigenvalue weighted by molar-refractivity contribution is -0.133. The molecule has 5 heteroatoms. The molecule has 1 aliphatic rings. The average Bonchev–Trinajstić information content (AvgIpc) is 3.33. The SMILES string of the molecule is CCCC(=O)N1CCC(Cc2cccc(-c3cccs3)c2)(C(=O)NCC)C1. The molecule has 27 heavy (non-hydrogen) atoms. The van der Waals surface area contributed by atoms with Crippen molar-refractivity contribution in [3.8, 4) is 10.4 Å². The number of amides is 2. The van der Waals surface area contributed by atoms with Crippen LogP contribution in [0.3, 0.4) is 0 Å². The summed E-state index contributed by atoms with van der Waals surface area (Å²) in [5, 5.41) is 5.08. The Hall–Kier alpha value is -2.14. The van der Waals surface area contributed by atoms with Crippen molar-refractivity contribution in [2.75, 3.05) is 19.6 Å². The third kappa shape index (κ3) is 4.41. The molecule has 0 spiro atoms.